The van der Waals surface area contributed by atoms with Gasteiger partial charge in [0.25, 0.3) is 0 Å². The molecule has 1 heterocycles. The van der Waals surface area contributed by atoms with Gasteiger partial charge in [-0.15, -0.1) is 0 Å². The largest absolute Gasteiger partial charge is 0.389 e. The lowest BCUT2D eigenvalue weighted by molar-refractivity contribution is -0.0524. The van der Waals surface area contributed by atoms with E-state index in [2.05, 4.69) is 15.9 Å². The SMILES string of the molecule is [B][C@@H]1O[C@H](CC(CC)(CC)OP(=O)(O)[C@](C)(O)CC)[C@@H](O)[C@H]1Br. The van der Waals surface area contributed by atoms with E-state index < -0.39 is 41.6 Å². The number of hydrogen-bond donors (Lipinski definition) is 3. The molecule has 0 saturated carbocycles. The molecule has 0 bridgehead atoms. The molecule has 3 N–H and O–H groups in total. The smallest absolute Gasteiger partial charge is 0.359 e. The summed E-state index contributed by atoms with van der Waals surface area (Å²) >= 11 is 3.28. The summed E-state index contributed by atoms with van der Waals surface area (Å²) in [6.07, 6.45) is -0.287. The van der Waals surface area contributed by atoms with Crippen LogP contribution in [0.1, 0.15) is 53.4 Å². The lowest BCUT2D eigenvalue weighted by atomic mass is 9.88. The zero-order valence-corrected chi connectivity index (χ0v) is 16.6. The first-order valence-corrected chi connectivity index (χ1v) is 10.4. The van der Waals surface area contributed by atoms with Gasteiger partial charge in [-0.1, -0.05) is 36.7 Å². The van der Waals surface area contributed by atoms with Gasteiger partial charge in [-0.2, -0.15) is 0 Å². The quantitative estimate of drug-likeness (QED) is 0.321. The highest BCUT2D eigenvalue weighted by molar-refractivity contribution is 9.09. The number of ether oxygens (including phenoxy) is 1. The van der Waals surface area contributed by atoms with Crippen LogP contribution in [0.15, 0.2) is 0 Å². The Balaban J connectivity index is 2.98. The van der Waals surface area contributed by atoms with Crippen molar-refractivity contribution in [2.75, 3.05) is 0 Å². The molecule has 2 radical (unpaired) electrons. The highest BCUT2D eigenvalue weighted by atomic mass is 79.9. The molecule has 0 aromatic carbocycles. The van der Waals surface area contributed by atoms with Gasteiger partial charge < -0.3 is 19.8 Å². The Morgan fingerprint density at radius 3 is 2.17 bits per heavy atom. The topological polar surface area (TPSA) is 96.2 Å². The number of alkyl halides is 1. The summed E-state index contributed by atoms with van der Waals surface area (Å²) in [5.41, 5.74) is -0.994. The summed E-state index contributed by atoms with van der Waals surface area (Å²) in [6.45, 7) is 6.56. The Morgan fingerprint density at radius 1 is 1.30 bits per heavy atom. The minimum absolute atomic E-state index is 0.0845. The average molecular weight is 413 g/mol. The molecule has 0 amide bonds. The van der Waals surface area contributed by atoms with Crippen molar-refractivity contribution in [1.29, 1.82) is 0 Å². The zero-order valence-electron chi connectivity index (χ0n) is 14.1. The zero-order chi connectivity index (χ0) is 18.1. The lowest BCUT2D eigenvalue weighted by Crippen LogP contribution is -2.41. The Bertz CT molecular complexity index is 445. The molecular weight excluding hydrogens is 386 g/mol. The summed E-state index contributed by atoms with van der Waals surface area (Å²) in [4.78, 5) is 9.83. The van der Waals surface area contributed by atoms with Crippen LogP contribution in [0.5, 0.6) is 0 Å². The highest BCUT2D eigenvalue weighted by Crippen LogP contribution is 2.59. The maximum atomic E-state index is 12.5. The minimum Gasteiger partial charge on any atom is -0.389 e. The van der Waals surface area contributed by atoms with Gasteiger partial charge in [0, 0.05) is 12.4 Å². The fraction of sp³-hybridized carbons (Fsp3) is 1.00. The van der Waals surface area contributed by atoms with Crippen LogP contribution in [0.2, 0.25) is 0 Å². The molecule has 6 atom stereocenters. The van der Waals surface area contributed by atoms with Gasteiger partial charge in [-0.25, -0.2) is 0 Å². The van der Waals surface area contributed by atoms with Gasteiger partial charge >= 0.3 is 7.60 Å². The molecule has 1 unspecified atom stereocenters. The van der Waals surface area contributed by atoms with Crippen molar-refractivity contribution in [3.63, 3.8) is 0 Å². The molecule has 0 aromatic heterocycles. The van der Waals surface area contributed by atoms with E-state index in [0.29, 0.717) is 12.8 Å². The summed E-state index contributed by atoms with van der Waals surface area (Å²) in [6, 6.07) is -0.652. The van der Waals surface area contributed by atoms with Crippen molar-refractivity contribution in [2.45, 2.75) is 87.4 Å². The van der Waals surface area contributed by atoms with E-state index in [0.717, 1.165) is 0 Å². The van der Waals surface area contributed by atoms with Crippen molar-refractivity contribution < 1.29 is 28.9 Å². The summed E-state index contributed by atoms with van der Waals surface area (Å²) in [5.74, 6) is 0. The van der Waals surface area contributed by atoms with E-state index in [1.54, 1.807) is 6.92 Å². The Hall–Kier alpha value is 0.575. The van der Waals surface area contributed by atoms with Crippen LogP contribution in [-0.2, 0) is 13.8 Å². The van der Waals surface area contributed by atoms with Gasteiger partial charge in [0.05, 0.1) is 22.6 Å². The molecule has 1 saturated heterocycles. The summed E-state index contributed by atoms with van der Waals surface area (Å²) < 4.78 is 23.6. The maximum Gasteiger partial charge on any atom is 0.359 e. The third kappa shape index (κ3) is 4.60. The molecule has 23 heavy (non-hydrogen) atoms. The van der Waals surface area contributed by atoms with Crippen LogP contribution in [-0.4, -0.2) is 56.9 Å². The van der Waals surface area contributed by atoms with Crippen molar-refractivity contribution >= 4 is 31.4 Å². The molecule has 6 nitrogen and oxygen atoms in total. The third-order valence-corrected chi connectivity index (χ3v) is 8.04. The first-order valence-electron chi connectivity index (χ1n) is 7.94. The number of rotatable bonds is 8. The minimum atomic E-state index is -4.28. The van der Waals surface area contributed by atoms with Gasteiger partial charge in [0.1, 0.15) is 7.85 Å². The van der Waals surface area contributed by atoms with E-state index in [-0.39, 0.29) is 12.8 Å². The molecule has 134 valence electrons. The van der Waals surface area contributed by atoms with E-state index in [9.17, 15) is 19.7 Å². The second-order valence-electron chi connectivity index (χ2n) is 6.35. The van der Waals surface area contributed by atoms with E-state index >= 15 is 0 Å². The molecule has 1 aliphatic rings. The molecule has 9 heteroatoms. The molecular formula is C14H27BBrO6P. The summed E-state index contributed by atoms with van der Waals surface area (Å²) in [5, 5.41) is 18.5. The Morgan fingerprint density at radius 2 is 1.83 bits per heavy atom. The van der Waals surface area contributed by atoms with Gasteiger partial charge in [-0.3, -0.25) is 9.09 Å². The van der Waals surface area contributed by atoms with E-state index in [1.807, 2.05) is 13.8 Å². The number of hydrogen-bond acceptors (Lipinski definition) is 5. The average Bonchev–Trinajstić information content (AvgIpc) is 2.73. The third-order valence-electron chi connectivity index (χ3n) is 4.81. The van der Waals surface area contributed by atoms with Crippen molar-refractivity contribution in [2.24, 2.45) is 0 Å². The molecule has 0 spiro atoms. The van der Waals surface area contributed by atoms with Crippen LogP contribution in [0.3, 0.4) is 0 Å². The van der Waals surface area contributed by atoms with Crippen molar-refractivity contribution in [3.05, 3.63) is 0 Å². The van der Waals surface area contributed by atoms with Gasteiger partial charge in [0.15, 0.2) is 5.34 Å². The van der Waals surface area contributed by atoms with Crippen LogP contribution in [0.4, 0.5) is 0 Å². The normalized spacial score (nSPS) is 34.1. The number of aliphatic hydroxyl groups is 2. The van der Waals surface area contributed by atoms with E-state index in [4.69, 9.17) is 17.1 Å². The lowest BCUT2D eigenvalue weighted by Gasteiger charge is -2.39. The predicted molar refractivity (Wildman–Crippen MR) is 92.9 cm³/mol. The first kappa shape index (κ1) is 21.6. The van der Waals surface area contributed by atoms with Crippen LogP contribution < -0.4 is 0 Å². The standard InChI is InChI=1S/C14H27BBrO6P/c1-5-13(4,18)23(19,20)22-14(6-2,7-3)8-9-11(17)10(16)12(15)21-9/h9-12,17-18H,5-8H2,1-4H3,(H,19,20)/t9-,10-,11-,12-,13+/m1/s1. The molecule has 0 aromatic rings. The molecule has 0 aliphatic carbocycles. The Kier molecular flexibility index (Phi) is 7.38. The number of aliphatic hydroxyl groups excluding tert-OH is 1. The second-order valence-corrected chi connectivity index (χ2v) is 9.59. The molecule has 1 fully saturated rings. The van der Waals surface area contributed by atoms with Crippen molar-refractivity contribution in [3.8, 4) is 0 Å². The van der Waals surface area contributed by atoms with Crippen molar-refractivity contribution in [1.82, 2.24) is 0 Å². The fourth-order valence-electron chi connectivity index (χ4n) is 2.56. The van der Waals surface area contributed by atoms with Gasteiger partial charge in [-0.05, 0) is 26.2 Å². The second kappa shape index (κ2) is 7.86. The molecule has 1 aliphatic heterocycles. The van der Waals surface area contributed by atoms with Crippen LogP contribution in [0.25, 0.3) is 0 Å². The maximum absolute atomic E-state index is 12.5. The summed E-state index contributed by atoms with van der Waals surface area (Å²) in [7, 11) is 1.48. The van der Waals surface area contributed by atoms with Crippen LogP contribution in [0, 0.1) is 0 Å². The molecule has 1 rings (SSSR count). The fourth-order valence-corrected chi connectivity index (χ4v) is 4.48. The Labute approximate surface area is 148 Å². The highest BCUT2D eigenvalue weighted by Gasteiger charge is 2.50. The monoisotopic (exact) mass is 412 g/mol. The number of halogens is 1. The van der Waals surface area contributed by atoms with Crippen LogP contribution >= 0.6 is 23.5 Å². The first-order chi connectivity index (χ1) is 10.4. The predicted octanol–water partition coefficient (Wildman–Crippen LogP) is 2.27. The van der Waals surface area contributed by atoms with E-state index in [1.165, 1.54) is 6.92 Å². The van der Waals surface area contributed by atoms with Gasteiger partial charge in [0.2, 0.25) is 0 Å².